The molecule has 0 saturated heterocycles. The summed E-state index contributed by atoms with van der Waals surface area (Å²) in [7, 11) is 0. The van der Waals surface area contributed by atoms with Crippen LogP contribution >= 0.6 is 0 Å². The summed E-state index contributed by atoms with van der Waals surface area (Å²) in [4.78, 5) is 37.4. The molecule has 1 unspecified atom stereocenters. The summed E-state index contributed by atoms with van der Waals surface area (Å²) < 4.78 is 16.6. The maximum absolute atomic E-state index is 12.6. The van der Waals surface area contributed by atoms with Gasteiger partial charge in [-0.25, -0.2) is 0 Å². The Balaban J connectivity index is 4.34. The van der Waals surface area contributed by atoms with Gasteiger partial charge in [0.25, 0.3) is 0 Å². The second-order valence-electron chi connectivity index (χ2n) is 13.6. The zero-order valence-corrected chi connectivity index (χ0v) is 31.8. The number of hydrogen-bond donors (Lipinski definition) is 0. The number of esters is 3. The number of unbranched alkanes of at least 4 members (excludes halogenated alkanes) is 21. The summed E-state index contributed by atoms with van der Waals surface area (Å²) in [6, 6.07) is 0. The molecule has 0 radical (unpaired) electrons. The largest absolute Gasteiger partial charge is 0.462 e. The molecule has 6 heteroatoms. The Kier molecular flexibility index (Phi) is 36.0. The smallest absolute Gasteiger partial charge is 0.306 e. The molecule has 0 saturated carbocycles. The summed E-state index contributed by atoms with van der Waals surface area (Å²) in [5, 5.41) is 0. The minimum atomic E-state index is -0.766. The first kappa shape index (κ1) is 45.9. The Bertz CT molecular complexity index is 789. The molecule has 0 aromatic rings. The highest BCUT2D eigenvalue weighted by Crippen LogP contribution is 2.14. The van der Waals surface area contributed by atoms with E-state index < -0.39 is 6.10 Å². The van der Waals surface area contributed by atoms with Gasteiger partial charge in [0, 0.05) is 19.3 Å². The van der Waals surface area contributed by atoms with Crippen molar-refractivity contribution >= 4 is 17.9 Å². The lowest BCUT2D eigenvalue weighted by Crippen LogP contribution is -2.30. The van der Waals surface area contributed by atoms with Crippen molar-refractivity contribution in [1.82, 2.24) is 0 Å². The van der Waals surface area contributed by atoms with E-state index in [-0.39, 0.29) is 31.1 Å². The number of carbonyl (C=O) groups excluding carboxylic acids is 3. The average Bonchev–Trinajstić information content (AvgIpc) is 3.08. The minimum absolute atomic E-state index is 0.0736. The van der Waals surface area contributed by atoms with Crippen molar-refractivity contribution in [2.24, 2.45) is 0 Å². The van der Waals surface area contributed by atoms with Gasteiger partial charge in [0.05, 0.1) is 0 Å². The molecule has 6 nitrogen and oxygen atoms in total. The van der Waals surface area contributed by atoms with E-state index >= 15 is 0 Å². The summed E-state index contributed by atoms with van der Waals surface area (Å²) >= 11 is 0. The summed E-state index contributed by atoms with van der Waals surface area (Å²) in [5.41, 5.74) is 0. The fourth-order valence-corrected chi connectivity index (χ4v) is 5.60. The molecule has 48 heavy (non-hydrogen) atoms. The van der Waals surface area contributed by atoms with Crippen LogP contribution in [0.2, 0.25) is 0 Å². The van der Waals surface area contributed by atoms with Gasteiger partial charge in [-0.1, -0.05) is 167 Å². The van der Waals surface area contributed by atoms with Crippen LogP contribution in [0.5, 0.6) is 0 Å². The molecule has 0 heterocycles. The van der Waals surface area contributed by atoms with Gasteiger partial charge in [-0.15, -0.1) is 0 Å². The quantitative estimate of drug-likeness (QED) is 0.0284. The second-order valence-corrected chi connectivity index (χ2v) is 13.6. The van der Waals surface area contributed by atoms with Gasteiger partial charge in [-0.3, -0.25) is 14.4 Å². The van der Waals surface area contributed by atoms with E-state index in [4.69, 9.17) is 14.2 Å². The molecule has 0 rings (SSSR count). The van der Waals surface area contributed by atoms with Crippen molar-refractivity contribution in [2.45, 2.75) is 213 Å². The van der Waals surface area contributed by atoms with Crippen molar-refractivity contribution in [1.29, 1.82) is 0 Å². The van der Waals surface area contributed by atoms with E-state index in [1.165, 1.54) is 83.5 Å². The molecular formula is C42H76O6. The first-order valence-electron chi connectivity index (χ1n) is 20.3. The van der Waals surface area contributed by atoms with Crippen LogP contribution in [0.3, 0.4) is 0 Å². The highest BCUT2D eigenvalue weighted by atomic mass is 16.6. The molecule has 1 atom stereocenters. The summed E-state index contributed by atoms with van der Waals surface area (Å²) in [6.45, 7) is 6.49. The summed E-state index contributed by atoms with van der Waals surface area (Å²) in [5.74, 6) is -0.898. The highest BCUT2D eigenvalue weighted by molar-refractivity contribution is 5.71. The van der Waals surface area contributed by atoms with Gasteiger partial charge in [0.15, 0.2) is 6.10 Å². The lowest BCUT2D eigenvalue weighted by molar-refractivity contribution is -0.167. The normalized spacial score (nSPS) is 12.1. The molecule has 0 spiro atoms. The maximum Gasteiger partial charge on any atom is 0.306 e. The van der Waals surface area contributed by atoms with E-state index in [0.29, 0.717) is 19.3 Å². The van der Waals surface area contributed by atoms with E-state index in [1.807, 2.05) is 0 Å². The predicted octanol–water partition coefficient (Wildman–Crippen LogP) is 12.5. The molecule has 0 fully saturated rings. The number of carbonyl (C=O) groups is 3. The first-order valence-corrected chi connectivity index (χ1v) is 20.3. The molecule has 0 aromatic heterocycles. The molecule has 0 bridgehead atoms. The Morgan fingerprint density at radius 1 is 0.417 bits per heavy atom. The zero-order chi connectivity index (χ0) is 35.2. The zero-order valence-electron chi connectivity index (χ0n) is 31.8. The fraction of sp³-hybridized carbons (Fsp3) is 0.833. The van der Waals surface area contributed by atoms with Crippen LogP contribution in [0.15, 0.2) is 24.3 Å². The topological polar surface area (TPSA) is 78.9 Å². The fourth-order valence-electron chi connectivity index (χ4n) is 5.60. The number of allylic oxidation sites excluding steroid dienone is 4. The standard InChI is InChI=1S/C42H76O6/c1-4-7-10-13-16-18-20-21-22-24-26-29-32-35-41(44)47-38-39(37-46-40(43)34-31-28-25-15-12-9-6-3)48-42(45)36-33-30-27-23-19-17-14-11-8-5-2/h10,13,18,20,39H,4-9,11-12,14-17,19,21-38H2,1-3H3/b13-10-,20-18-. The first-order chi connectivity index (χ1) is 23.5. The van der Waals surface area contributed by atoms with Crippen LogP contribution in [0.4, 0.5) is 0 Å². The van der Waals surface area contributed by atoms with Gasteiger partial charge in [0.2, 0.25) is 0 Å². The monoisotopic (exact) mass is 677 g/mol. The highest BCUT2D eigenvalue weighted by Gasteiger charge is 2.19. The molecule has 0 aliphatic carbocycles. The third-order valence-corrected chi connectivity index (χ3v) is 8.69. The summed E-state index contributed by atoms with van der Waals surface area (Å²) in [6.07, 6.45) is 38.8. The molecular weight excluding hydrogens is 600 g/mol. The Morgan fingerprint density at radius 2 is 0.792 bits per heavy atom. The van der Waals surface area contributed by atoms with Crippen molar-refractivity contribution in [3.05, 3.63) is 24.3 Å². The third kappa shape index (κ3) is 35.2. The van der Waals surface area contributed by atoms with Crippen molar-refractivity contribution in [3.8, 4) is 0 Å². The van der Waals surface area contributed by atoms with Crippen LogP contribution < -0.4 is 0 Å². The lowest BCUT2D eigenvalue weighted by atomic mass is 10.1. The molecule has 0 aromatic carbocycles. The number of ether oxygens (including phenoxy) is 3. The van der Waals surface area contributed by atoms with Crippen molar-refractivity contribution in [2.75, 3.05) is 13.2 Å². The van der Waals surface area contributed by atoms with E-state index in [1.54, 1.807) is 0 Å². The molecule has 280 valence electrons. The second kappa shape index (κ2) is 37.7. The van der Waals surface area contributed by atoms with Crippen LogP contribution in [-0.4, -0.2) is 37.2 Å². The molecule has 0 aliphatic rings. The van der Waals surface area contributed by atoms with Gasteiger partial charge in [0.1, 0.15) is 13.2 Å². The third-order valence-electron chi connectivity index (χ3n) is 8.69. The van der Waals surface area contributed by atoms with Crippen molar-refractivity contribution in [3.63, 3.8) is 0 Å². The number of hydrogen-bond acceptors (Lipinski definition) is 6. The Morgan fingerprint density at radius 3 is 1.23 bits per heavy atom. The van der Waals surface area contributed by atoms with Crippen LogP contribution in [0.25, 0.3) is 0 Å². The van der Waals surface area contributed by atoms with E-state index in [0.717, 1.165) is 83.5 Å². The van der Waals surface area contributed by atoms with Gasteiger partial charge >= 0.3 is 17.9 Å². The van der Waals surface area contributed by atoms with E-state index in [2.05, 4.69) is 45.1 Å². The average molecular weight is 677 g/mol. The van der Waals surface area contributed by atoms with Gasteiger partial charge < -0.3 is 14.2 Å². The van der Waals surface area contributed by atoms with Gasteiger partial charge in [-0.05, 0) is 44.9 Å². The van der Waals surface area contributed by atoms with Crippen molar-refractivity contribution < 1.29 is 28.6 Å². The van der Waals surface area contributed by atoms with Crippen LogP contribution in [0.1, 0.15) is 207 Å². The van der Waals surface area contributed by atoms with E-state index in [9.17, 15) is 14.4 Å². The van der Waals surface area contributed by atoms with Gasteiger partial charge in [-0.2, -0.15) is 0 Å². The maximum atomic E-state index is 12.6. The minimum Gasteiger partial charge on any atom is -0.462 e. The predicted molar refractivity (Wildman–Crippen MR) is 201 cm³/mol. The number of rotatable bonds is 36. The lowest BCUT2D eigenvalue weighted by Gasteiger charge is -2.18. The van der Waals surface area contributed by atoms with Crippen LogP contribution in [0, 0.1) is 0 Å². The molecule has 0 aliphatic heterocycles. The molecule has 0 N–H and O–H groups in total. The molecule has 0 amide bonds. The Labute approximate surface area is 296 Å². The van der Waals surface area contributed by atoms with Crippen LogP contribution in [-0.2, 0) is 28.6 Å². The SMILES string of the molecule is CCC/C=C\C/C=C\CCCCCCCC(=O)OCC(COC(=O)CCCCCCCCC)OC(=O)CCCCCCCCCCCC. The Hall–Kier alpha value is -2.11.